The van der Waals surface area contributed by atoms with Gasteiger partial charge in [-0.05, 0) is 47.7 Å². The van der Waals surface area contributed by atoms with E-state index < -0.39 is 6.09 Å². The van der Waals surface area contributed by atoms with Gasteiger partial charge in [0, 0.05) is 74.4 Å². The Kier molecular flexibility index (Phi) is 6.24. The number of imidazole rings is 1. The minimum absolute atomic E-state index is 0.279. The Labute approximate surface area is 197 Å². The van der Waals surface area contributed by atoms with Crippen LogP contribution in [-0.4, -0.2) is 39.3 Å². The van der Waals surface area contributed by atoms with E-state index in [1.54, 1.807) is 12.4 Å². The minimum atomic E-state index is -0.548. The highest BCUT2D eigenvalue weighted by Gasteiger charge is 2.20. The molecule has 0 radical (unpaired) electrons. The van der Waals surface area contributed by atoms with Crippen molar-refractivity contribution in [2.45, 2.75) is 25.9 Å². The zero-order chi connectivity index (χ0) is 23.3. The maximum absolute atomic E-state index is 11.5. The van der Waals surface area contributed by atoms with Crippen LogP contribution in [0.1, 0.15) is 17.8 Å². The van der Waals surface area contributed by atoms with Crippen molar-refractivity contribution in [3.63, 3.8) is 0 Å². The molecular formula is C25H26N6O3. The molecule has 9 heteroatoms. The third-order valence-electron chi connectivity index (χ3n) is 5.94. The number of amides is 1. The molecule has 0 aliphatic carbocycles. The molecule has 1 aliphatic heterocycles. The first-order chi connectivity index (χ1) is 16.7. The monoisotopic (exact) mass is 458 g/mol. The summed E-state index contributed by atoms with van der Waals surface area (Å²) >= 11 is 0. The summed E-state index contributed by atoms with van der Waals surface area (Å²) in [4.78, 5) is 24.5. The molecule has 0 spiro atoms. The van der Waals surface area contributed by atoms with Crippen molar-refractivity contribution >= 4 is 22.6 Å². The number of benzene rings is 1. The fourth-order valence-electron chi connectivity index (χ4n) is 4.08. The topological polar surface area (TPSA) is 103 Å². The summed E-state index contributed by atoms with van der Waals surface area (Å²) in [5.41, 5.74) is 2.02. The fraction of sp³-hybridized carbons (Fsp3) is 0.280. The summed E-state index contributed by atoms with van der Waals surface area (Å²) in [6.07, 6.45) is 8.76. The number of aromatic nitrogens is 4. The normalized spacial score (nSPS) is 14.9. The van der Waals surface area contributed by atoms with E-state index in [1.807, 2.05) is 48.8 Å². The lowest BCUT2D eigenvalue weighted by atomic mass is 9.99. The lowest BCUT2D eigenvalue weighted by Gasteiger charge is -2.23. The Morgan fingerprint density at radius 2 is 2.03 bits per heavy atom. The third-order valence-corrected chi connectivity index (χ3v) is 5.94. The number of hydrogen-bond donors (Lipinski definition) is 2. The fourth-order valence-corrected chi connectivity index (χ4v) is 4.08. The highest BCUT2D eigenvalue weighted by Crippen LogP contribution is 2.26. The Balaban J connectivity index is 1.19. The Hall–Kier alpha value is -4.14. The van der Waals surface area contributed by atoms with Gasteiger partial charge in [-0.25, -0.2) is 19.7 Å². The average Bonchev–Trinajstić information content (AvgIpc) is 3.34. The Morgan fingerprint density at radius 3 is 2.94 bits per heavy atom. The van der Waals surface area contributed by atoms with Crippen molar-refractivity contribution in [3.8, 4) is 11.8 Å². The molecule has 4 aromatic rings. The number of nitrogens with zero attached hydrogens (tertiary/aromatic N) is 4. The van der Waals surface area contributed by atoms with Gasteiger partial charge >= 0.3 is 6.09 Å². The van der Waals surface area contributed by atoms with Crippen LogP contribution in [0.15, 0.2) is 61.2 Å². The third kappa shape index (κ3) is 4.93. The number of hydrogen-bond acceptors (Lipinski definition) is 7. The number of ether oxygens (including phenoxy) is 2. The van der Waals surface area contributed by atoms with E-state index in [0.29, 0.717) is 24.9 Å². The second-order valence-electron chi connectivity index (χ2n) is 8.25. The minimum Gasteiger partial charge on any atom is -0.477 e. The van der Waals surface area contributed by atoms with Gasteiger partial charge in [-0.15, -0.1) is 0 Å². The molecule has 0 saturated heterocycles. The second kappa shape index (κ2) is 9.78. The number of carbonyl (C=O) groups excluding carboxylic acids is 1. The molecule has 1 aliphatic rings. The molecule has 0 bridgehead atoms. The average molecular weight is 459 g/mol. The maximum Gasteiger partial charge on any atom is 0.413 e. The number of rotatable bonds is 7. The quantitative estimate of drug-likeness (QED) is 0.434. The second-order valence-corrected chi connectivity index (χ2v) is 8.25. The highest BCUT2D eigenvalue weighted by atomic mass is 16.6. The zero-order valence-corrected chi connectivity index (χ0v) is 18.9. The molecule has 174 valence electrons. The number of pyridine rings is 2. The smallest absolute Gasteiger partial charge is 0.413 e. The van der Waals surface area contributed by atoms with E-state index in [2.05, 4.69) is 30.2 Å². The molecule has 1 atom stereocenters. The molecule has 9 nitrogen and oxygen atoms in total. The van der Waals surface area contributed by atoms with Crippen LogP contribution in [0.4, 0.5) is 10.5 Å². The van der Waals surface area contributed by atoms with Crippen molar-refractivity contribution in [1.82, 2.24) is 24.8 Å². The van der Waals surface area contributed by atoms with Gasteiger partial charge in [0.1, 0.15) is 5.82 Å². The van der Waals surface area contributed by atoms with Crippen molar-refractivity contribution < 1.29 is 14.3 Å². The standard InChI is InChI=1S/C25H26N6O3/c1-26-25(32)34-24-21-3-2-20(14-19(21)5-8-29-24)30-15-17-4-7-28-23(13-17)33-16-18-6-10-31-11-9-27-22(31)12-18/h2-5,7-9,11,13-14,18,30H,6,10,12,15-16H2,1H3,(H,26,32)/t18-/m0/s1. The van der Waals surface area contributed by atoms with Gasteiger partial charge in [0.2, 0.25) is 11.8 Å². The SMILES string of the molecule is CNC(=O)Oc1nccc2cc(NCc3ccnc(OC[C@H]4CCn5ccnc5C4)c3)ccc12. The van der Waals surface area contributed by atoms with Gasteiger partial charge in [0.05, 0.1) is 6.61 Å². The van der Waals surface area contributed by atoms with Crippen LogP contribution in [0.3, 0.4) is 0 Å². The van der Waals surface area contributed by atoms with Crippen LogP contribution in [0.25, 0.3) is 10.8 Å². The van der Waals surface area contributed by atoms with Crippen LogP contribution < -0.4 is 20.1 Å². The molecule has 0 fully saturated rings. The molecule has 0 unspecified atom stereocenters. The van der Waals surface area contributed by atoms with Gasteiger partial charge in [-0.3, -0.25) is 0 Å². The van der Waals surface area contributed by atoms with Gasteiger partial charge in [-0.2, -0.15) is 0 Å². The number of fused-ring (bicyclic) bond motifs is 2. The van der Waals surface area contributed by atoms with Gasteiger partial charge in [0.25, 0.3) is 0 Å². The van der Waals surface area contributed by atoms with Crippen molar-refractivity contribution in [2.24, 2.45) is 5.92 Å². The molecular weight excluding hydrogens is 432 g/mol. The summed E-state index contributed by atoms with van der Waals surface area (Å²) in [5, 5.41) is 7.55. The first-order valence-electron chi connectivity index (χ1n) is 11.3. The summed E-state index contributed by atoms with van der Waals surface area (Å²) in [6.45, 7) is 2.25. The highest BCUT2D eigenvalue weighted by molar-refractivity contribution is 5.90. The molecule has 4 heterocycles. The maximum atomic E-state index is 11.5. The summed E-state index contributed by atoms with van der Waals surface area (Å²) in [5.74, 6) is 2.49. The van der Waals surface area contributed by atoms with Crippen LogP contribution in [0.5, 0.6) is 11.8 Å². The zero-order valence-electron chi connectivity index (χ0n) is 18.9. The lowest BCUT2D eigenvalue weighted by Crippen LogP contribution is -2.24. The first-order valence-corrected chi connectivity index (χ1v) is 11.3. The van der Waals surface area contributed by atoms with Gasteiger partial charge in [0.15, 0.2) is 0 Å². The molecule has 3 aromatic heterocycles. The van der Waals surface area contributed by atoms with E-state index in [-0.39, 0.29) is 5.88 Å². The van der Waals surface area contributed by atoms with Crippen LogP contribution >= 0.6 is 0 Å². The molecule has 34 heavy (non-hydrogen) atoms. The summed E-state index contributed by atoms with van der Waals surface area (Å²) in [6, 6.07) is 11.6. The van der Waals surface area contributed by atoms with Crippen molar-refractivity contribution in [1.29, 1.82) is 0 Å². The van der Waals surface area contributed by atoms with Crippen molar-refractivity contribution in [3.05, 3.63) is 72.6 Å². The van der Waals surface area contributed by atoms with Crippen LogP contribution in [0.2, 0.25) is 0 Å². The van der Waals surface area contributed by atoms with E-state index in [9.17, 15) is 4.79 Å². The Bertz CT molecular complexity index is 1300. The first kappa shape index (κ1) is 21.7. The summed E-state index contributed by atoms with van der Waals surface area (Å²) in [7, 11) is 1.51. The number of carbonyl (C=O) groups is 1. The lowest BCUT2D eigenvalue weighted by molar-refractivity contribution is 0.201. The number of aryl methyl sites for hydroxylation is 1. The van der Waals surface area contributed by atoms with E-state index in [1.165, 1.54) is 7.05 Å². The van der Waals surface area contributed by atoms with Crippen molar-refractivity contribution in [2.75, 3.05) is 19.0 Å². The largest absolute Gasteiger partial charge is 0.477 e. The van der Waals surface area contributed by atoms with E-state index >= 15 is 0 Å². The Morgan fingerprint density at radius 1 is 1.12 bits per heavy atom. The predicted molar refractivity (Wildman–Crippen MR) is 128 cm³/mol. The molecule has 0 saturated carbocycles. The number of nitrogens with one attached hydrogen (secondary N) is 2. The van der Waals surface area contributed by atoms with Crippen LogP contribution in [0, 0.1) is 5.92 Å². The molecule has 1 aromatic carbocycles. The molecule has 5 rings (SSSR count). The summed E-state index contributed by atoms with van der Waals surface area (Å²) < 4.78 is 13.5. The van der Waals surface area contributed by atoms with Gasteiger partial charge in [-0.1, -0.05) is 0 Å². The van der Waals surface area contributed by atoms with E-state index in [4.69, 9.17) is 9.47 Å². The number of anilines is 1. The predicted octanol–water partition coefficient (Wildman–Crippen LogP) is 3.80. The van der Waals surface area contributed by atoms with Crippen LogP contribution in [-0.2, 0) is 19.5 Å². The van der Waals surface area contributed by atoms with E-state index in [0.717, 1.165) is 47.2 Å². The molecule has 1 amide bonds. The van der Waals surface area contributed by atoms with Gasteiger partial charge < -0.3 is 24.7 Å². The molecule has 2 N–H and O–H groups in total.